The summed E-state index contributed by atoms with van der Waals surface area (Å²) in [5.74, 6) is -0.142. The number of aliphatic imine (C=N–C) groups is 1. The molecule has 0 aromatic carbocycles. The van der Waals surface area contributed by atoms with Crippen molar-refractivity contribution in [2.24, 2.45) is 4.99 Å². The zero-order valence-corrected chi connectivity index (χ0v) is 11.4. The van der Waals surface area contributed by atoms with Crippen LogP contribution in [-0.4, -0.2) is 34.0 Å². The van der Waals surface area contributed by atoms with Crippen molar-refractivity contribution in [1.29, 1.82) is 0 Å². The van der Waals surface area contributed by atoms with E-state index in [1.165, 1.54) is 31.0 Å². The highest BCUT2D eigenvalue weighted by Crippen LogP contribution is 2.30. The minimum Gasteiger partial charge on any atom is -0.351 e. The number of aromatic nitrogens is 1. The molecule has 1 aromatic heterocycles. The maximum Gasteiger partial charge on any atom is 0.286 e. The molecule has 3 heterocycles. The summed E-state index contributed by atoms with van der Waals surface area (Å²) in [6.45, 7) is 2.02. The predicted molar refractivity (Wildman–Crippen MR) is 77.7 cm³/mol. The zero-order chi connectivity index (χ0) is 13.1. The molecule has 5 heteroatoms. The van der Waals surface area contributed by atoms with Crippen molar-refractivity contribution >= 4 is 28.9 Å². The van der Waals surface area contributed by atoms with E-state index in [0.717, 1.165) is 24.0 Å². The summed E-state index contributed by atoms with van der Waals surface area (Å²) in [5.41, 5.74) is 0.799. The molecule has 1 fully saturated rings. The molecule has 0 spiro atoms. The number of piperidine rings is 1. The van der Waals surface area contributed by atoms with Crippen LogP contribution in [0.5, 0.6) is 0 Å². The molecule has 0 aliphatic carbocycles. The molecular weight excluding hydrogens is 258 g/mol. The van der Waals surface area contributed by atoms with Gasteiger partial charge in [-0.3, -0.25) is 9.78 Å². The Balaban J connectivity index is 1.74. The second-order valence-electron chi connectivity index (χ2n) is 4.61. The van der Waals surface area contributed by atoms with Crippen LogP contribution in [0, 0.1) is 0 Å². The quantitative estimate of drug-likeness (QED) is 0.738. The van der Waals surface area contributed by atoms with Crippen molar-refractivity contribution in [2.75, 3.05) is 13.1 Å². The molecule has 1 amide bonds. The molecule has 19 heavy (non-hydrogen) atoms. The van der Waals surface area contributed by atoms with Gasteiger partial charge in [-0.1, -0.05) is 6.07 Å². The van der Waals surface area contributed by atoms with Crippen LogP contribution in [0.25, 0.3) is 6.08 Å². The normalized spacial score (nSPS) is 21.9. The lowest BCUT2D eigenvalue weighted by Crippen LogP contribution is -2.33. The minimum atomic E-state index is -0.142. The van der Waals surface area contributed by atoms with Gasteiger partial charge in [-0.05, 0) is 49.2 Å². The van der Waals surface area contributed by atoms with Crippen LogP contribution in [0.3, 0.4) is 0 Å². The van der Waals surface area contributed by atoms with Crippen molar-refractivity contribution < 1.29 is 4.79 Å². The van der Waals surface area contributed by atoms with Crippen LogP contribution < -0.4 is 0 Å². The molecule has 1 saturated heterocycles. The van der Waals surface area contributed by atoms with Crippen LogP contribution in [0.4, 0.5) is 0 Å². The standard InChI is InChI=1S/C14H15N3OS/c18-13-12(10-11-6-2-3-7-15-11)19-14(16-13)17-8-4-1-5-9-17/h2-3,6-7,10H,1,4-5,8-9H2/b12-10+. The lowest BCUT2D eigenvalue weighted by molar-refractivity contribution is -0.113. The van der Waals surface area contributed by atoms with E-state index < -0.39 is 0 Å². The number of rotatable bonds is 1. The summed E-state index contributed by atoms with van der Waals surface area (Å²) in [5, 5.41) is 0.854. The average molecular weight is 273 g/mol. The van der Waals surface area contributed by atoms with Crippen LogP contribution in [-0.2, 0) is 4.79 Å². The van der Waals surface area contributed by atoms with Gasteiger partial charge >= 0.3 is 0 Å². The fourth-order valence-electron chi connectivity index (χ4n) is 2.21. The van der Waals surface area contributed by atoms with Gasteiger partial charge in [0, 0.05) is 19.3 Å². The zero-order valence-electron chi connectivity index (χ0n) is 10.6. The Morgan fingerprint density at radius 1 is 1.21 bits per heavy atom. The van der Waals surface area contributed by atoms with E-state index in [4.69, 9.17) is 0 Å². The minimum absolute atomic E-state index is 0.142. The largest absolute Gasteiger partial charge is 0.351 e. The molecule has 3 rings (SSSR count). The van der Waals surface area contributed by atoms with Gasteiger partial charge in [-0.2, -0.15) is 4.99 Å². The first-order valence-corrected chi connectivity index (χ1v) is 7.33. The van der Waals surface area contributed by atoms with Gasteiger partial charge in [0.1, 0.15) is 0 Å². The van der Waals surface area contributed by atoms with E-state index >= 15 is 0 Å². The summed E-state index contributed by atoms with van der Waals surface area (Å²) >= 11 is 1.47. The first-order chi connectivity index (χ1) is 9.33. The molecule has 4 nitrogen and oxygen atoms in total. The summed E-state index contributed by atoms with van der Waals surface area (Å²) in [6, 6.07) is 5.66. The fourth-order valence-corrected chi connectivity index (χ4v) is 3.16. The van der Waals surface area contributed by atoms with E-state index in [2.05, 4.69) is 14.9 Å². The lowest BCUT2D eigenvalue weighted by atomic mass is 10.1. The van der Waals surface area contributed by atoms with Gasteiger partial charge < -0.3 is 4.90 Å². The van der Waals surface area contributed by atoms with Crippen LogP contribution in [0.2, 0.25) is 0 Å². The number of nitrogens with zero attached hydrogens (tertiary/aromatic N) is 3. The Hall–Kier alpha value is -1.62. The SMILES string of the molecule is O=C1N=C(N2CCCCC2)S/C1=C/c1ccccn1. The number of hydrogen-bond acceptors (Lipinski definition) is 4. The summed E-state index contributed by atoms with van der Waals surface area (Å²) in [6.07, 6.45) is 7.19. The van der Waals surface area contributed by atoms with Crippen molar-refractivity contribution in [2.45, 2.75) is 19.3 Å². The van der Waals surface area contributed by atoms with Crippen LogP contribution in [0.1, 0.15) is 25.0 Å². The molecule has 0 saturated carbocycles. The van der Waals surface area contributed by atoms with Gasteiger partial charge in [-0.25, -0.2) is 0 Å². The molecule has 0 N–H and O–H groups in total. The molecule has 0 unspecified atom stereocenters. The Morgan fingerprint density at radius 2 is 2.05 bits per heavy atom. The molecule has 2 aliphatic rings. The number of carbonyl (C=O) groups excluding carboxylic acids is 1. The van der Waals surface area contributed by atoms with Crippen molar-refractivity contribution in [3.05, 3.63) is 35.0 Å². The first kappa shape index (κ1) is 12.4. The third-order valence-electron chi connectivity index (χ3n) is 3.20. The Labute approximate surface area is 116 Å². The van der Waals surface area contributed by atoms with E-state index in [1.54, 1.807) is 6.20 Å². The van der Waals surface area contributed by atoms with Crippen LogP contribution in [0.15, 0.2) is 34.3 Å². The smallest absolute Gasteiger partial charge is 0.286 e. The van der Waals surface area contributed by atoms with Crippen LogP contribution >= 0.6 is 11.8 Å². The number of amidine groups is 1. The second kappa shape index (κ2) is 5.57. The van der Waals surface area contributed by atoms with Gasteiger partial charge in [0.15, 0.2) is 5.17 Å². The number of carbonyl (C=O) groups is 1. The predicted octanol–water partition coefficient (Wildman–Crippen LogP) is 2.54. The maximum absolute atomic E-state index is 11.9. The van der Waals surface area contributed by atoms with E-state index in [0.29, 0.717) is 4.91 Å². The number of pyridine rings is 1. The topological polar surface area (TPSA) is 45.6 Å². The molecular formula is C14H15N3OS. The van der Waals surface area contributed by atoms with Gasteiger partial charge in [-0.15, -0.1) is 0 Å². The third kappa shape index (κ3) is 2.87. The Bertz CT molecular complexity index is 533. The third-order valence-corrected chi connectivity index (χ3v) is 4.25. The molecule has 0 bridgehead atoms. The van der Waals surface area contributed by atoms with Crippen molar-refractivity contribution in [3.8, 4) is 0 Å². The van der Waals surface area contributed by atoms with Crippen molar-refractivity contribution in [1.82, 2.24) is 9.88 Å². The number of thioether (sulfide) groups is 1. The lowest BCUT2D eigenvalue weighted by Gasteiger charge is -2.27. The van der Waals surface area contributed by atoms with E-state index in [1.807, 2.05) is 24.3 Å². The van der Waals surface area contributed by atoms with Gasteiger partial charge in [0.05, 0.1) is 10.6 Å². The van der Waals surface area contributed by atoms with Crippen molar-refractivity contribution in [3.63, 3.8) is 0 Å². The molecule has 98 valence electrons. The van der Waals surface area contributed by atoms with Gasteiger partial charge in [0.25, 0.3) is 5.91 Å². The highest BCUT2D eigenvalue weighted by atomic mass is 32.2. The summed E-state index contributed by atoms with van der Waals surface area (Å²) in [7, 11) is 0. The van der Waals surface area contributed by atoms with Gasteiger partial charge in [0.2, 0.25) is 0 Å². The van der Waals surface area contributed by atoms with E-state index in [9.17, 15) is 4.79 Å². The number of likely N-dealkylation sites (tertiary alicyclic amines) is 1. The number of amides is 1. The Morgan fingerprint density at radius 3 is 2.79 bits per heavy atom. The molecule has 0 atom stereocenters. The molecule has 2 aliphatic heterocycles. The highest BCUT2D eigenvalue weighted by Gasteiger charge is 2.26. The van der Waals surface area contributed by atoms with E-state index in [-0.39, 0.29) is 5.91 Å². The first-order valence-electron chi connectivity index (χ1n) is 6.51. The maximum atomic E-state index is 11.9. The summed E-state index contributed by atoms with van der Waals surface area (Å²) < 4.78 is 0. The Kier molecular flexibility index (Phi) is 3.64. The summed E-state index contributed by atoms with van der Waals surface area (Å²) in [4.78, 5) is 23.1. The highest BCUT2D eigenvalue weighted by molar-refractivity contribution is 8.18. The molecule has 1 aromatic rings. The number of hydrogen-bond donors (Lipinski definition) is 0. The second-order valence-corrected chi connectivity index (χ2v) is 5.62. The average Bonchev–Trinajstić information content (AvgIpc) is 2.82. The monoisotopic (exact) mass is 273 g/mol. The molecule has 0 radical (unpaired) electrons. The fraction of sp³-hybridized carbons (Fsp3) is 0.357.